The molecule has 0 N–H and O–H groups in total. The zero-order chi connectivity index (χ0) is 41.6. The van der Waals surface area contributed by atoms with Crippen LogP contribution in [0.5, 0.6) is 34.5 Å². The van der Waals surface area contributed by atoms with Crippen molar-refractivity contribution in [1.82, 2.24) is 29.1 Å². The topological polar surface area (TPSA) is 98.3 Å². The number of nitrogens with zero attached hydrogens (tertiary/aromatic N) is 6. The molecule has 0 amide bonds. The van der Waals surface area contributed by atoms with Crippen LogP contribution in [0, 0.1) is 0 Å². The van der Waals surface area contributed by atoms with Crippen LogP contribution >= 0.6 is 0 Å². The van der Waals surface area contributed by atoms with Crippen molar-refractivity contribution < 1.29 is 18.9 Å². The average molecular weight is 809 g/mol. The van der Waals surface area contributed by atoms with Gasteiger partial charge in [-0.3, -0.25) is 19.1 Å². The molecule has 0 radical (unpaired) electrons. The highest BCUT2D eigenvalue weighted by Gasteiger charge is 2.17. The molecule has 0 aliphatic heterocycles. The molecule has 62 heavy (non-hydrogen) atoms. The molecule has 6 aromatic carbocycles. The standard InChI is InChI=1S/C52H36N6O4/c1-59-35-17-21-47-43(27-35)41-19-15-39(29-49(41)57(47)51-13-3-5-23-53-51)61-37-11-7-9-33(25-37)45-31-56-46(32-55-45)34-10-8-12-38(26-34)62-40-16-20-42-44-28-36(60-2)18-22-48(44)58(50(42)30-40)52-14-4-6-24-54-52/h3-32H,1-2H3. The smallest absolute Gasteiger partial charge is 0.137 e. The molecule has 0 atom stereocenters. The number of ether oxygens (including phenoxy) is 4. The summed E-state index contributed by atoms with van der Waals surface area (Å²) in [6.07, 6.45) is 7.17. The molecular weight excluding hydrogens is 773 g/mol. The van der Waals surface area contributed by atoms with E-state index in [2.05, 4.69) is 55.5 Å². The van der Waals surface area contributed by atoms with Crippen molar-refractivity contribution in [3.63, 3.8) is 0 Å². The van der Waals surface area contributed by atoms with Gasteiger partial charge in [-0.2, -0.15) is 0 Å². The fraction of sp³-hybridized carbons (Fsp3) is 0.0385. The Hall–Kier alpha value is -8.50. The number of rotatable bonds is 10. The summed E-state index contributed by atoms with van der Waals surface area (Å²) in [7, 11) is 3.36. The predicted molar refractivity (Wildman–Crippen MR) is 243 cm³/mol. The van der Waals surface area contributed by atoms with Crippen molar-refractivity contribution in [2.24, 2.45) is 0 Å². The Kier molecular flexibility index (Phi) is 9.01. The molecule has 0 unspecified atom stereocenters. The van der Waals surface area contributed by atoms with Crippen LogP contribution in [-0.4, -0.2) is 43.3 Å². The molecule has 5 heterocycles. The summed E-state index contributed by atoms with van der Waals surface area (Å²) in [6.45, 7) is 0. The number of methoxy groups -OCH3 is 2. The minimum atomic E-state index is 0.679. The van der Waals surface area contributed by atoms with Crippen molar-refractivity contribution in [3.8, 4) is 68.6 Å². The van der Waals surface area contributed by atoms with Crippen LogP contribution in [0.3, 0.4) is 0 Å². The minimum absolute atomic E-state index is 0.679. The van der Waals surface area contributed by atoms with Gasteiger partial charge in [0.15, 0.2) is 0 Å². The van der Waals surface area contributed by atoms with Gasteiger partial charge in [0, 0.05) is 57.2 Å². The molecule has 10 heteroatoms. The summed E-state index contributed by atoms with van der Waals surface area (Å²) in [5.41, 5.74) is 7.22. The molecule has 10 nitrogen and oxygen atoms in total. The average Bonchev–Trinajstić information content (AvgIpc) is 3.83. The zero-order valence-corrected chi connectivity index (χ0v) is 33.6. The van der Waals surface area contributed by atoms with E-state index in [-0.39, 0.29) is 0 Å². The van der Waals surface area contributed by atoms with E-state index in [1.807, 2.05) is 121 Å². The second-order valence-corrected chi connectivity index (χ2v) is 14.7. The second-order valence-electron chi connectivity index (χ2n) is 14.7. The summed E-state index contributed by atoms with van der Waals surface area (Å²) in [5, 5.41) is 4.28. The molecular formula is C52H36N6O4. The van der Waals surface area contributed by atoms with E-state index in [9.17, 15) is 0 Å². The molecule has 0 fully saturated rings. The summed E-state index contributed by atoms with van der Waals surface area (Å²) in [4.78, 5) is 19.0. The van der Waals surface area contributed by atoms with Crippen molar-refractivity contribution in [1.29, 1.82) is 0 Å². The maximum atomic E-state index is 6.48. The Morgan fingerprint density at radius 3 is 1.23 bits per heavy atom. The van der Waals surface area contributed by atoms with Gasteiger partial charge < -0.3 is 18.9 Å². The van der Waals surface area contributed by atoms with Gasteiger partial charge in [0.25, 0.3) is 0 Å². The molecule has 11 aromatic rings. The first kappa shape index (κ1) is 36.6. The third kappa shape index (κ3) is 6.56. The fourth-order valence-corrected chi connectivity index (χ4v) is 8.14. The zero-order valence-electron chi connectivity index (χ0n) is 33.6. The van der Waals surface area contributed by atoms with Gasteiger partial charge in [-0.25, -0.2) is 9.97 Å². The van der Waals surface area contributed by atoms with Gasteiger partial charge in [-0.1, -0.05) is 36.4 Å². The maximum Gasteiger partial charge on any atom is 0.137 e. The lowest BCUT2D eigenvalue weighted by molar-refractivity contribution is 0.415. The van der Waals surface area contributed by atoms with E-state index in [0.717, 1.165) is 89.3 Å². The van der Waals surface area contributed by atoms with Crippen LogP contribution < -0.4 is 18.9 Å². The summed E-state index contributed by atoms with van der Waals surface area (Å²) < 4.78 is 28.4. The number of hydrogen-bond donors (Lipinski definition) is 0. The molecule has 298 valence electrons. The lowest BCUT2D eigenvalue weighted by Crippen LogP contribution is -1.96. The Balaban J connectivity index is 0.852. The van der Waals surface area contributed by atoms with Crippen molar-refractivity contribution >= 4 is 43.6 Å². The molecule has 0 aliphatic carbocycles. The Labute approximate surface area is 355 Å². The predicted octanol–water partition coefficient (Wildman–Crippen LogP) is 12.4. The number of benzene rings is 6. The van der Waals surface area contributed by atoms with Gasteiger partial charge in [0.1, 0.15) is 46.1 Å². The van der Waals surface area contributed by atoms with Gasteiger partial charge in [0.2, 0.25) is 0 Å². The quantitative estimate of drug-likeness (QED) is 0.135. The highest BCUT2D eigenvalue weighted by molar-refractivity contribution is 6.11. The largest absolute Gasteiger partial charge is 0.497 e. The van der Waals surface area contributed by atoms with E-state index in [0.29, 0.717) is 23.0 Å². The lowest BCUT2D eigenvalue weighted by Gasteiger charge is -2.11. The Morgan fingerprint density at radius 1 is 0.355 bits per heavy atom. The molecule has 0 aliphatic rings. The maximum absolute atomic E-state index is 6.48. The van der Waals surface area contributed by atoms with Crippen molar-refractivity contribution in [3.05, 3.63) is 183 Å². The lowest BCUT2D eigenvalue weighted by atomic mass is 10.1. The summed E-state index contributed by atoms with van der Waals surface area (Å²) in [6, 6.07) is 52.0. The van der Waals surface area contributed by atoms with E-state index in [1.165, 1.54) is 0 Å². The molecule has 0 saturated carbocycles. The normalized spacial score (nSPS) is 11.4. The molecule has 5 aromatic heterocycles. The van der Waals surface area contributed by atoms with Gasteiger partial charge >= 0.3 is 0 Å². The second kappa shape index (κ2) is 15.3. The summed E-state index contributed by atoms with van der Waals surface area (Å²) in [5.74, 6) is 5.98. The van der Waals surface area contributed by atoms with Gasteiger partial charge in [-0.15, -0.1) is 0 Å². The van der Waals surface area contributed by atoms with Gasteiger partial charge in [-0.05, 0) is 109 Å². The van der Waals surface area contributed by atoms with Crippen LogP contribution in [0.4, 0.5) is 0 Å². The van der Waals surface area contributed by atoms with E-state index in [1.54, 1.807) is 39.0 Å². The number of fused-ring (bicyclic) bond motifs is 6. The molecule has 0 saturated heterocycles. The van der Waals surface area contributed by atoms with Crippen LogP contribution in [-0.2, 0) is 0 Å². The van der Waals surface area contributed by atoms with Crippen LogP contribution in [0.1, 0.15) is 0 Å². The number of aromatic nitrogens is 6. The SMILES string of the molecule is COc1ccc2c(c1)c1ccc(Oc3cccc(-c4cnc(-c5cccc(Oc6ccc7c8cc(OC)ccc8n(-c8ccccn8)c7c6)c5)cn4)c3)cc1n2-c1ccccn1. The van der Waals surface area contributed by atoms with Crippen molar-refractivity contribution in [2.75, 3.05) is 14.2 Å². The van der Waals surface area contributed by atoms with Crippen molar-refractivity contribution in [2.45, 2.75) is 0 Å². The third-order valence-electron chi connectivity index (χ3n) is 11.0. The van der Waals surface area contributed by atoms with E-state index >= 15 is 0 Å². The first-order valence-electron chi connectivity index (χ1n) is 20.1. The van der Waals surface area contributed by atoms with E-state index in [4.69, 9.17) is 28.9 Å². The monoisotopic (exact) mass is 808 g/mol. The van der Waals surface area contributed by atoms with E-state index < -0.39 is 0 Å². The Bertz CT molecular complexity index is 3210. The summed E-state index contributed by atoms with van der Waals surface area (Å²) >= 11 is 0. The number of hydrogen-bond acceptors (Lipinski definition) is 8. The highest BCUT2D eigenvalue weighted by atomic mass is 16.5. The number of pyridine rings is 2. The molecule has 0 spiro atoms. The first-order chi connectivity index (χ1) is 30.6. The molecule has 11 rings (SSSR count). The fourth-order valence-electron chi connectivity index (χ4n) is 8.14. The third-order valence-corrected chi connectivity index (χ3v) is 11.0. The minimum Gasteiger partial charge on any atom is -0.497 e. The van der Waals surface area contributed by atoms with Crippen LogP contribution in [0.15, 0.2) is 183 Å². The highest BCUT2D eigenvalue weighted by Crippen LogP contribution is 2.39. The Morgan fingerprint density at radius 2 is 0.806 bits per heavy atom. The first-order valence-corrected chi connectivity index (χ1v) is 20.1. The van der Waals surface area contributed by atoms with Gasteiger partial charge in [0.05, 0.1) is 60.1 Å². The molecule has 0 bridgehead atoms. The van der Waals surface area contributed by atoms with Crippen LogP contribution in [0.2, 0.25) is 0 Å². The van der Waals surface area contributed by atoms with Crippen LogP contribution in [0.25, 0.3) is 77.8 Å².